The van der Waals surface area contributed by atoms with E-state index in [1.165, 1.54) is 12.1 Å². The summed E-state index contributed by atoms with van der Waals surface area (Å²) in [6, 6.07) is 8.26. The van der Waals surface area contributed by atoms with Crippen LogP contribution in [0.1, 0.15) is 5.69 Å². The summed E-state index contributed by atoms with van der Waals surface area (Å²) >= 11 is 5.85. The van der Waals surface area contributed by atoms with Crippen molar-refractivity contribution in [3.05, 3.63) is 53.4 Å². The van der Waals surface area contributed by atoms with Gasteiger partial charge < -0.3 is 14.5 Å². The Morgan fingerprint density at radius 1 is 1.21 bits per heavy atom. The van der Waals surface area contributed by atoms with E-state index in [4.69, 9.17) is 11.6 Å². The minimum absolute atomic E-state index is 0.0831. The number of hydrogen-bond acceptors (Lipinski definition) is 5. The van der Waals surface area contributed by atoms with Crippen LogP contribution in [0.5, 0.6) is 5.75 Å². The van der Waals surface area contributed by atoms with Gasteiger partial charge >= 0.3 is 6.61 Å². The molecular formula is C16H15ClF2N4O. The number of aromatic nitrogens is 2. The standard InChI is InChI=1S/C16H15ClF2N4O/c1-22-6-7-23(10-22)9-12-3-5-14(21-20-12)11-2-4-13(17)15(8-11)24-16(18)19/h2-8,16H,9-10H2,1H3. The molecule has 2 aromatic rings. The van der Waals surface area contributed by atoms with E-state index in [1.54, 1.807) is 12.1 Å². The molecule has 0 atom stereocenters. The van der Waals surface area contributed by atoms with Crippen molar-refractivity contribution in [2.24, 2.45) is 0 Å². The van der Waals surface area contributed by atoms with E-state index < -0.39 is 6.61 Å². The van der Waals surface area contributed by atoms with Gasteiger partial charge in [-0.25, -0.2) is 0 Å². The Kier molecular flexibility index (Phi) is 4.80. The highest BCUT2D eigenvalue weighted by Crippen LogP contribution is 2.30. The highest BCUT2D eigenvalue weighted by molar-refractivity contribution is 6.32. The number of halogens is 3. The van der Waals surface area contributed by atoms with Crippen molar-refractivity contribution in [3.63, 3.8) is 0 Å². The first-order valence-corrected chi connectivity index (χ1v) is 7.59. The summed E-state index contributed by atoms with van der Waals surface area (Å²) in [7, 11) is 1.99. The smallest absolute Gasteiger partial charge is 0.387 e. The molecule has 2 heterocycles. The molecular weight excluding hydrogens is 338 g/mol. The zero-order valence-corrected chi connectivity index (χ0v) is 13.6. The highest BCUT2D eigenvalue weighted by atomic mass is 35.5. The van der Waals surface area contributed by atoms with Gasteiger partial charge in [0.2, 0.25) is 0 Å². The molecule has 8 heteroatoms. The van der Waals surface area contributed by atoms with E-state index >= 15 is 0 Å². The van der Waals surface area contributed by atoms with Crippen LogP contribution in [0.15, 0.2) is 42.7 Å². The zero-order chi connectivity index (χ0) is 17.1. The number of benzene rings is 1. The summed E-state index contributed by atoms with van der Waals surface area (Å²) in [5.41, 5.74) is 1.98. The predicted octanol–water partition coefficient (Wildman–Crippen LogP) is 3.57. The average Bonchev–Trinajstić information content (AvgIpc) is 2.95. The average molecular weight is 353 g/mol. The van der Waals surface area contributed by atoms with E-state index in [-0.39, 0.29) is 10.8 Å². The van der Waals surface area contributed by atoms with Crippen LogP contribution in [0.3, 0.4) is 0 Å². The van der Waals surface area contributed by atoms with Crippen molar-refractivity contribution >= 4 is 11.6 Å². The number of hydrogen-bond donors (Lipinski definition) is 0. The molecule has 0 spiro atoms. The van der Waals surface area contributed by atoms with Crippen molar-refractivity contribution in [1.29, 1.82) is 0 Å². The maximum Gasteiger partial charge on any atom is 0.387 e. The molecule has 126 valence electrons. The largest absolute Gasteiger partial charge is 0.433 e. The molecule has 1 aromatic carbocycles. The Morgan fingerprint density at radius 3 is 2.67 bits per heavy atom. The maximum atomic E-state index is 12.4. The Labute approximate surface area is 143 Å². The number of alkyl halides is 2. The summed E-state index contributed by atoms with van der Waals surface area (Å²) in [6.07, 6.45) is 3.97. The van der Waals surface area contributed by atoms with Crippen molar-refractivity contribution in [3.8, 4) is 17.0 Å². The lowest BCUT2D eigenvalue weighted by Gasteiger charge is -2.17. The summed E-state index contributed by atoms with van der Waals surface area (Å²) in [6.45, 7) is -1.48. The summed E-state index contributed by atoms with van der Waals surface area (Å²) in [4.78, 5) is 4.15. The molecule has 0 bridgehead atoms. The van der Waals surface area contributed by atoms with Gasteiger partial charge in [-0.05, 0) is 24.3 Å². The second-order valence-electron chi connectivity index (χ2n) is 5.38. The monoisotopic (exact) mass is 352 g/mol. The summed E-state index contributed by atoms with van der Waals surface area (Å²) in [5.74, 6) is -0.0831. The normalized spacial score (nSPS) is 13.9. The van der Waals surface area contributed by atoms with Gasteiger partial charge in [-0.2, -0.15) is 19.0 Å². The second kappa shape index (κ2) is 7.00. The van der Waals surface area contributed by atoms with Crippen LogP contribution in [0.4, 0.5) is 8.78 Å². The van der Waals surface area contributed by atoms with Crippen molar-refractivity contribution in [2.75, 3.05) is 13.7 Å². The quantitative estimate of drug-likeness (QED) is 0.822. The van der Waals surface area contributed by atoms with E-state index in [2.05, 4.69) is 24.7 Å². The van der Waals surface area contributed by atoms with Gasteiger partial charge in [0.15, 0.2) is 0 Å². The third-order valence-electron chi connectivity index (χ3n) is 3.46. The van der Waals surface area contributed by atoms with Crippen LogP contribution < -0.4 is 4.74 Å². The van der Waals surface area contributed by atoms with Gasteiger partial charge in [0.1, 0.15) is 5.75 Å². The van der Waals surface area contributed by atoms with Crippen LogP contribution in [0, 0.1) is 0 Å². The number of nitrogens with zero attached hydrogens (tertiary/aromatic N) is 4. The molecule has 0 amide bonds. The summed E-state index contributed by atoms with van der Waals surface area (Å²) in [5, 5.41) is 8.47. The lowest BCUT2D eigenvalue weighted by molar-refractivity contribution is -0.0497. The van der Waals surface area contributed by atoms with Gasteiger partial charge in [-0.1, -0.05) is 17.7 Å². The maximum absolute atomic E-state index is 12.4. The van der Waals surface area contributed by atoms with Crippen LogP contribution in [0.2, 0.25) is 5.02 Å². The van der Waals surface area contributed by atoms with Gasteiger partial charge in [-0.3, -0.25) is 0 Å². The molecule has 0 N–H and O–H groups in total. The lowest BCUT2D eigenvalue weighted by Crippen LogP contribution is -2.22. The highest BCUT2D eigenvalue weighted by Gasteiger charge is 2.12. The SMILES string of the molecule is CN1C=CN(Cc2ccc(-c3ccc(Cl)c(OC(F)F)c3)nn2)C1. The fourth-order valence-corrected chi connectivity index (χ4v) is 2.51. The Balaban J connectivity index is 1.74. The van der Waals surface area contributed by atoms with Gasteiger partial charge in [-0.15, -0.1) is 0 Å². The van der Waals surface area contributed by atoms with Gasteiger partial charge in [0.05, 0.1) is 29.6 Å². The molecule has 0 saturated heterocycles. The minimum Gasteiger partial charge on any atom is -0.433 e. The first kappa shape index (κ1) is 16.4. The van der Waals surface area contributed by atoms with E-state index in [0.717, 1.165) is 12.4 Å². The predicted molar refractivity (Wildman–Crippen MR) is 86.4 cm³/mol. The molecule has 1 aliphatic heterocycles. The van der Waals surface area contributed by atoms with Gasteiger partial charge in [0.25, 0.3) is 0 Å². The Morgan fingerprint density at radius 2 is 2.04 bits per heavy atom. The van der Waals surface area contributed by atoms with Crippen molar-refractivity contribution in [1.82, 2.24) is 20.0 Å². The molecule has 0 saturated carbocycles. The third kappa shape index (κ3) is 3.91. The molecule has 0 radical (unpaired) electrons. The van der Waals surface area contributed by atoms with Crippen LogP contribution in [-0.4, -0.2) is 40.3 Å². The molecule has 5 nitrogen and oxygen atoms in total. The Hall–Kier alpha value is -2.41. The summed E-state index contributed by atoms with van der Waals surface area (Å²) < 4.78 is 29.2. The first-order chi connectivity index (χ1) is 11.5. The molecule has 0 aliphatic carbocycles. The fraction of sp³-hybridized carbons (Fsp3) is 0.250. The topological polar surface area (TPSA) is 41.5 Å². The molecule has 24 heavy (non-hydrogen) atoms. The van der Waals surface area contributed by atoms with Crippen LogP contribution >= 0.6 is 11.6 Å². The number of ether oxygens (including phenoxy) is 1. The van der Waals surface area contributed by atoms with E-state index in [1.807, 2.05) is 25.5 Å². The third-order valence-corrected chi connectivity index (χ3v) is 3.78. The van der Waals surface area contributed by atoms with E-state index in [9.17, 15) is 8.78 Å². The van der Waals surface area contributed by atoms with Gasteiger partial charge in [0, 0.05) is 25.0 Å². The molecule has 3 rings (SSSR count). The fourth-order valence-electron chi connectivity index (χ4n) is 2.35. The van der Waals surface area contributed by atoms with Crippen molar-refractivity contribution < 1.29 is 13.5 Å². The molecule has 1 aliphatic rings. The first-order valence-electron chi connectivity index (χ1n) is 7.21. The molecule has 0 fully saturated rings. The van der Waals surface area contributed by atoms with Crippen molar-refractivity contribution in [2.45, 2.75) is 13.2 Å². The van der Waals surface area contributed by atoms with E-state index in [0.29, 0.717) is 17.8 Å². The zero-order valence-electron chi connectivity index (χ0n) is 12.9. The number of rotatable bonds is 5. The van der Waals surface area contributed by atoms with Crippen LogP contribution in [-0.2, 0) is 6.54 Å². The molecule has 0 unspecified atom stereocenters. The second-order valence-corrected chi connectivity index (χ2v) is 5.78. The van der Waals surface area contributed by atoms with Crippen LogP contribution in [0.25, 0.3) is 11.3 Å². The Bertz CT molecular complexity index is 739. The molecule has 1 aromatic heterocycles. The minimum atomic E-state index is -2.93. The lowest BCUT2D eigenvalue weighted by atomic mass is 10.1.